The molecule has 1 aromatic heterocycles. The lowest BCUT2D eigenvalue weighted by molar-refractivity contribution is -0.148. The molecule has 4 aromatic rings. The monoisotopic (exact) mass is 398 g/mol. The zero-order chi connectivity index (χ0) is 20.9. The Labute approximate surface area is 172 Å². The van der Waals surface area contributed by atoms with Crippen LogP contribution in [0.4, 0.5) is 0 Å². The molecule has 3 aromatic carbocycles. The first-order valence-electron chi connectivity index (χ1n) is 9.41. The highest BCUT2D eigenvalue weighted by atomic mass is 16.5. The number of rotatable bonds is 6. The standard InChI is InChI=1S/C24H18N2O4/c27-21(15-26-16-25-20-14-8-7-13-19(20)24(26)29)30-23(18-11-5-2-6-12-18)22(28)17-9-3-1-4-10-17/h1-14,16,23H,15H2/t23-/m1/s1. The third-order valence-electron chi connectivity index (χ3n) is 4.68. The summed E-state index contributed by atoms with van der Waals surface area (Å²) in [5.41, 5.74) is 1.20. The molecule has 0 N–H and O–H groups in total. The number of benzene rings is 3. The zero-order valence-electron chi connectivity index (χ0n) is 16.0. The predicted molar refractivity (Wildman–Crippen MR) is 112 cm³/mol. The third kappa shape index (κ3) is 4.03. The normalized spacial score (nSPS) is 11.7. The summed E-state index contributed by atoms with van der Waals surface area (Å²) >= 11 is 0. The molecule has 0 fully saturated rings. The van der Waals surface area contributed by atoms with Crippen LogP contribution >= 0.6 is 0 Å². The molecule has 0 unspecified atom stereocenters. The lowest BCUT2D eigenvalue weighted by Crippen LogP contribution is -2.28. The highest BCUT2D eigenvalue weighted by molar-refractivity contribution is 6.01. The first-order chi connectivity index (χ1) is 14.6. The molecule has 0 saturated carbocycles. The molecule has 0 bridgehead atoms. The van der Waals surface area contributed by atoms with E-state index in [-0.39, 0.29) is 17.9 Å². The quantitative estimate of drug-likeness (QED) is 0.367. The van der Waals surface area contributed by atoms with Gasteiger partial charge in [0.2, 0.25) is 5.78 Å². The van der Waals surface area contributed by atoms with Gasteiger partial charge in [0.15, 0.2) is 6.10 Å². The molecule has 0 aliphatic carbocycles. The summed E-state index contributed by atoms with van der Waals surface area (Å²) in [5, 5.41) is 0.410. The molecule has 6 heteroatoms. The highest BCUT2D eigenvalue weighted by Crippen LogP contribution is 2.23. The van der Waals surface area contributed by atoms with Crippen molar-refractivity contribution in [3.8, 4) is 0 Å². The molecule has 4 rings (SSSR count). The molecule has 6 nitrogen and oxygen atoms in total. The summed E-state index contributed by atoms with van der Waals surface area (Å²) in [5.74, 6) is -1.04. The van der Waals surface area contributed by atoms with E-state index >= 15 is 0 Å². The van der Waals surface area contributed by atoms with Gasteiger partial charge in [0.25, 0.3) is 5.56 Å². The van der Waals surface area contributed by atoms with Crippen LogP contribution in [0.25, 0.3) is 10.9 Å². The lowest BCUT2D eigenvalue weighted by Gasteiger charge is -2.18. The Balaban J connectivity index is 1.60. The number of carbonyl (C=O) groups is 2. The maximum atomic E-state index is 13.0. The summed E-state index contributed by atoms with van der Waals surface area (Å²) in [6.45, 7) is -0.345. The molecule has 1 atom stereocenters. The molecule has 30 heavy (non-hydrogen) atoms. The summed E-state index contributed by atoms with van der Waals surface area (Å²) < 4.78 is 6.73. The van der Waals surface area contributed by atoms with Gasteiger partial charge in [-0.3, -0.25) is 19.0 Å². The van der Waals surface area contributed by atoms with E-state index in [1.165, 1.54) is 10.9 Å². The molecule has 148 valence electrons. The van der Waals surface area contributed by atoms with E-state index in [9.17, 15) is 14.4 Å². The number of fused-ring (bicyclic) bond motifs is 1. The van der Waals surface area contributed by atoms with Crippen molar-refractivity contribution >= 4 is 22.7 Å². The number of aromatic nitrogens is 2. The minimum atomic E-state index is -1.11. The third-order valence-corrected chi connectivity index (χ3v) is 4.68. The first-order valence-corrected chi connectivity index (χ1v) is 9.41. The van der Waals surface area contributed by atoms with E-state index in [1.807, 2.05) is 6.07 Å². The van der Waals surface area contributed by atoms with Crippen LogP contribution in [-0.2, 0) is 16.1 Å². The fourth-order valence-corrected chi connectivity index (χ4v) is 3.18. The molecule has 0 spiro atoms. The zero-order valence-corrected chi connectivity index (χ0v) is 16.0. The summed E-state index contributed by atoms with van der Waals surface area (Å²) in [4.78, 5) is 42.5. The van der Waals surface area contributed by atoms with Crippen molar-refractivity contribution in [3.63, 3.8) is 0 Å². The Kier molecular flexibility index (Phi) is 5.48. The van der Waals surface area contributed by atoms with Crippen molar-refractivity contribution < 1.29 is 14.3 Å². The van der Waals surface area contributed by atoms with Gasteiger partial charge in [0, 0.05) is 11.1 Å². The molecular formula is C24H18N2O4. The average Bonchev–Trinajstić information content (AvgIpc) is 2.80. The van der Waals surface area contributed by atoms with Crippen LogP contribution in [0.2, 0.25) is 0 Å². The number of ketones is 1. The fourth-order valence-electron chi connectivity index (χ4n) is 3.18. The molecule has 0 saturated heterocycles. The van der Waals surface area contributed by atoms with E-state index in [0.29, 0.717) is 22.0 Å². The van der Waals surface area contributed by atoms with Crippen LogP contribution in [0.3, 0.4) is 0 Å². The van der Waals surface area contributed by atoms with Crippen molar-refractivity contribution in [3.05, 3.63) is 113 Å². The van der Waals surface area contributed by atoms with Crippen molar-refractivity contribution in [1.29, 1.82) is 0 Å². The molecule has 0 amide bonds. The minimum absolute atomic E-state index is 0.334. The second kappa shape index (κ2) is 8.53. The van der Waals surface area contributed by atoms with Gasteiger partial charge < -0.3 is 4.74 Å². The second-order valence-electron chi connectivity index (χ2n) is 6.71. The Morgan fingerprint density at radius 3 is 2.23 bits per heavy atom. The predicted octanol–water partition coefficient (Wildman–Crippen LogP) is 3.56. The maximum Gasteiger partial charge on any atom is 0.327 e. The van der Waals surface area contributed by atoms with E-state index < -0.39 is 12.1 Å². The maximum absolute atomic E-state index is 13.0. The van der Waals surface area contributed by atoms with Gasteiger partial charge in [-0.2, -0.15) is 0 Å². The summed E-state index contributed by atoms with van der Waals surface area (Å²) in [6, 6.07) is 24.3. The number of esters is 1. The van der Waals surface area contributed by atoms with E-state index in [1.54, 1.807) is 78.9 Å². The van der Waals surface area contributed by atoms with Crippen molar-refractivity contribution in [2.24, 2.45) is 0 Å². The second-order valence-corrected chi connectivity index (χ2v) is 6.71. The van der Waals surface area contributed by atoms with Crippen LogP contribution < -0.4 is 5.56 Å². The van der Waals surface area contributed by atoms with Crippen LogP contribution in [0, 0.1) is 0 Å². The van der Waals surface area contributed by atoms with Gasteiger partial charge in [-0.15, -0.1) is 0 Å². The minimum Gasteiger partial charge on any atom is -0.448 e. The SMILES string of the molecule is O=C(Cn1cnc2ccccc2c1=O)O[C@@H](C(=O)c1ccccc1)c1ccccc1. The van der Waals surface area contributed by atoms with Crippen molar-refractivity contribution in [1.82, 2.24) is 9.55 Å². The Morgan fingerprint density at radius 1 is 0.867 bits per heavy atom. The number of para-hydroxylation sites is 1. The van der Waals surface area contributed by atoms with E-state index in [4.69, 9.17) is 4.74 Å². The smallest absolute Gasteiger partial charge is 0.327 e. The Bertz CT molecular complexity index is 1250. The molecule has 1 heterocycles. The molecule has 0 radical (unpaired) electrons. The Hall–Kier alpha value is -4.06. The van der Waals surface area contributed by atoms with E-state index in [2.05, 4.69) is 4.98 Å². The van der Waals surface area contributed by atoms with Crippen molar-refractivity contribution in [2.45, 2.75) is 12.6 Å². The molecule has 0 aliphatic rings. The number of Topliss-reactive ketones (excluding diaryl/α,β-unsaturated/α-hetero) is 1. The van der Waals surface area contributed by atoms with Gasteiger partial charge in [-0.25, -0.2) is 4.98 Å². The number of nitrogens with zero attached hydrogens (tertiary/aromatic N) is 2. The largest absolute Gasteiger partial charge is 0.448 e. The first kappa shape index (κ1) is 19.3. The fraction of sp³-hybridized carbons (Fsp3) is 0.0833. The van der Waals surface area contributed by atoms with Crippen LogP contribution in [0.15, 0.2) is 96.1 Å². The summed E-state index contributed by atoms with van der Waals surface area (Å²) in [7, 11) is 0. The van der Waals surface area contributed by atoms with Gasteiger partial charge >= 0.3 is 5.97 Å². The highest BCUT2D eigenvalue weighted by Gasteiger charge is 2.26. The van der Waals surface area contributed by atoms with Gasteiger partial charge in [-0.1, -0.05) is 72.8 Å². The number of ether oxygens (including phenoxy) is 1. The molecular weight excluding hydrogens is 380 g/mol. The van der Waals surface area contributed by atoms with Gasteiger partial charge in [0.05, 0.1) is 17.2 Å². The molecule has 0 aliphatic heterocycles. The van der Waals surface area contributed by atoms with Crippen molar-refractivity contribution in [2.75, 3.05) is 0 Å². The number of carbonyl (C=O) groups excluding carboxylic acids is 2. The average molecular weight is 398 g/mol. The van der Waals surface area contributed by atoms with E-state index in [0.717, 1.165) is 0 Å². The summed E-state index contributed by atoms with van der Waals surface area (Å²) in [6.07, 6.45) is 0.202. The Morgan fingerprint density at radius 2 is 1.50 bits per heavy atom. The van der Waals surface area contributed by atoms with Crippen LogP contribution in [0.1, 0.15) is 22.0 Å². The van der Waals surface area contributed by atoms with Gasteiger partial charge in [0.1, 0.15) is 6.54 Å². The van der Waals surface area contributed by atoms with Crippen LogP contribution in [-0.4, -0.2) is 21.3 Å². The lowest BCUT2D eigenvalue weighted by atomic mass is 10.00. The van der Waals surface area contributed by atoms with Gasteiger partial charge in [-0.05, 0) is 12.1 Å². The number of hydrogen-bond donors (Lipinski definition) is 0. The topological polar surface area (TPSA) is 78.3 Å². The number of hydrogen-bond acceptors (Lipinski definition) is 5. The van der Waals surface area contributed by atoms with Crippen LogP contribution in [0.5, 0.6) is 0 Å².